The first-order valence-electron chi connectivity index (χ1n) is 9.36. The number of carbonyl (C=O) groups is 1. The first-order valence-corrected chi connectivity index (χ1v) is 9.36. The van der Waals surface area contributed by atoms with Gasteiger partial charge in [-0.05, 0) is 29.7 Å². The average molecular weight is 364 g/mol. The minimum atomic E-state index is 0.0380. The lowest BCUT2D eigenvalue weighted by Gasteiger charge is -2.26. The fourth-order valence-electron chi connectivity index (χ4n) is 3.49. The Hall–Kier alpha value is -2.95. The van der Waals surface area contributed by atoms with Crippen LogP contribution in [0.2, 0.25) is 0 Å². The van der Waals surface area contributed by atoms with Gasteiger partial charge in [-0.1, -0.05) is 38.1 Å². The van der Waals surface area contributed by atoms with E-state index in [0.717, 1.165) is 28.0 Å². The van der Waals surface area contributed by atoms with Gasteiger partial charge in [-0.2, -0.15) is 0 Å². The first-order chi connectivity index (χ1) is 13.1. The predicted molar refractivity (Wildman–Crippen MR) is 105 cm³/mol. The Kier molecular flexibility index (Phi) is 4.75. The molecule has 0 saturated carbocycles. The number of para-hydroxylation sites is 1. The number of carbonyl (C=O) groups excluding carboxylic acids is 1. The molecule has 4 rings (SSSR count). The zero-order chi connectivity index (χ0) is 18.8. The number of benzene rings is 2. The van der Waals surface area contributed by atoms with Crippen LogP contribution in [0.4, 0.5) is 0 Å². The number of aromatic amines is 1. The Morgan fingerprint density at radius 2 is 1.89 bits per heavy atom. The Bertz CT molecular complexity index is 961. The van der Waals surface area contributed by atoms with Crippen molar-refractivity contribution in [1.29, 1.82) is 0 Å². The van der Waals surface area contributed by atoms with E-state index in [9.17, 15) is 4.79 Å². The SMILES string of the molecule is CC(C)CN(Cc1ccc2c(c1)OCCO2)C(=O)c1c[nH]c2ccccc12. The van der Waals surface area contributed by atoms with Crippen molar-refractivity contribution in [2.24, 2.45) is 5.92 Å². The van der Waals surface area contributed by atoms with E-state index in [1.54, 1.807) is 0 Å². The standard InChI is InChI=1S/C22H24N2O3/c1-15(2)13-24(14-16-7-8-20-21(11-16)27-10-9-26-20)22(25)18-12-23-19-6-4-3-5-17(18)19/h3-8,11-12,15,23H,9-10,13-14H2,1-2H3. The Morgan fingerprint density at radius 1 is 1.11 bits per heavy atom. The normalized spacial score (nSPS) is 13.1. The minimum Gasteiger partial charge on any atom is -0.486 e. The first kappa shape index (κ1) is 17.5. The van der Waals surface area contributed by atoms with Gasteiger partial charge >= 0.3 is 0 Å². The van der Waals surface area contributed by atoms with E-state index in [1.807, 2.05) is 53.6 Å². The Balaban J connectivity index is 1.62. The molecular weight excluding hydrogens is 340 g/mol. The van der Waals surface area contributed by atoms with Crippen molar-refractivity contribution >= 4 is 16.8 Å². The van der Waals surface area contributed by atoms with Gasteiger partial charge in [0, 0.05) is 30.2 Å². The highest BCUT2D eigenvalue weighted by Gasteiger charge is 2.21. The van der Waals surface area contributed by atoms with E-state index in [4.69, 9.17) is 9.47 Å². The van der Waals surface area contributed by atoms with Crippen LogP contribution in [0.3, 0.4) is 0 Å². The molecule has 0 fully saturated rings. The monoisotopic (exact) mass is 364 g/mol. The van der Waals surface area contributed by atoms with Crippen LogP contribution in [0, 0.1) is 5.92 Å². The van der Waals surface area contributed by atoms with Crippen molar-refractivity contribution in [3.63, 3.8) is 0 Å². The highest BCUT2D eigenvalue weighted by Crippen LogP contribution is 2.31. The van der Waals surface area contributed by atoms with Crippen molar-refractivity contribution in [2.45, 2.75) is 20.4 Å². The molecule has 0 unspecified atom stereocenters. The highest BCUT2D eigenvalue weighted by molar-refractivity contribution is 6.06. The summed E-state index contributed by atoms with van der Waals surface area (Å²) in [7, 11) is 0. The number of aromatic nitrogens is 1. The molecule has 1 aromatic heterocycles. The van der Waals surface area contributed by atoms with Gasteiger partial charge < -0.3 is 19.4 Å². The van der Waals surface area contributed by atoms with Crippen LogP contribution in [0.15, 0.2) is 48.7 Å². The van der Waals surface area contributed by atoms with E-state index in [-0.39, 0.29) is 5.91 Å². The van der Waals surface area contributed by atoms with Crippen LogP contribution in [-0.4, -0.2) is 35.5 Å². The molecule has 1 N–H and O–H groups in total. The summed E-state index contributed by atoms with van der Waals surface area (Å²) >= 11 is 0. The van der Waals surface area contributed by atoms with E-state index < -0.39 is 0 Å². The van der Waals surface area contributed by atoms with E-state index in [1.165, 1.54) is 0 Å². The molecule has 0 spiro atoms. The fraction of sp³-hybridized carbons (Fsp3) is 0.318. The number of nitrogens with one attached hydrogen (secondary N) is 1. The summed E-state index contributed by atoms with van der Waals surface area (Å²) in [4.78, 5) is 18.4. The van der Waals surface area contributed by atoms with Crippen LogP contribution < -0.4 is 9.47 Å². The van der Waals surface area contributed by atoms with Crippen molar-refractivity contribution in [1.82, 2.24) is 9.88 Å². The third-order valence-corrected chi connectivity index (χ3v) is 4.67. The summed E-state index contributed by atoms with van der Waals surface area (Å²) in [5, 5.41) is 0.957. The van der Waals surface area contributed by atoms with Crippen LogP contribution in [-0.2, 0) is 6.54 Å². The zero-order valence-corrected chi connectivity index (χ0v) is 15.7. The number of fused-ring (bicyclic) bond motifs is 2. The van der Waals surface area contributed by atoms with E-state index in [2.05, 4.69) is 18.8 Å². The molecule has 0 bridgehead atoms. The molecule has 27 heavy (non-hydrogen) atoms. The number of amides is 1. The molecular formula is C22H24N2O3. The zero-order valence-electron chi connectivity index (χ0n) is 15.7. The summed E-state index contributed by atoms with van der Waals surface area (Å²) in [6, 6.07) is 13.8. The Morgan fingerprint density at radius 3 is 2.70 bits per heavy atom. The van der Waals surface area contributed by atoms with E-state index >= 15 is 0 Å². The van der Waals surface area contributed by atoms with Gasteiger partial charge in [-0.15, -0.1) is 0 Å². The molecule has 1 aliphatic rings. The van der Waals surface area contributed by atoms with Gasteiger partial charge in [0.05, 0.1) is 5.56 Å². The smallest absolute Gasteiger partial charge is 0.256 e. The topological polar surface area (TPSA) is 54.6 Å². The molecule has 0 radical (unpaired) electrons. The van der Waals surface area contributed by atoms with Crippen molar-refractivity contribution in [3.05, 3.63) is 59.8 Å². The van der Waals surface area contributed by atoms with Gasteiger partial charge in [-0.25, -0.2) is 0 Å². The van der Waals surface area contributed by atoms with Crippen LogP contribution in [0.1, 0.15) is 29.8 Å². The number of hydrogen-bond acceptors (Lipinski definition) is 3. The summed E-state index contributed by atoms with van der Waals surface area (Å²) in [6.07, 6.45) is 1.81. The fourth-order valence-corrected chi connectivity index (χ4v) is 3.49. The largest absolute Gasteiger partial charge is 0.486 e. The summed E-state index contributed by atoms with van der Waals surface area (Å²) < 4.78 is 11.3. The molecule has 1 aliphatic heterocycles. The van der Waals surface area contributed by atoms with E-state index in [0.29, 0.717) is 37.8 Å². The Labute approximate surface area is 158 Å². The van der Waals surface area contributed by atoms with Crippen molar-refractivity contribution in [2.75, 3.05) is 19.8 Å². The van der Waals surface area contributed by atoms with Gasteiger partial charge in [-0.3, -0.25) is 4.79 Å². The number of hydrogen-bond donors (Lipinski definition) is 1. The number of rotatable bonds is 5. The summed E-state index contributed by atoms with van der Waals surface area (Å²) in [5.74, 6) is 1.93. The van der Waals surface area contributed by atoms with Crippen LogP contribution >= 0.6 is 0 Å². The second-order valence-corrected chi connectivity index (χ2v) is 7.31. The lowest BCUT2D eigenvalue weighted by atomic mass is 10.1. The molecule has 5 nitrogen and oxygen atoms in total. The average Bonchev–Trinajstić information content (AvgIpc) is 3.10. The maximum Gasteiger partial charge on any atom is 0.256 e. The predicted octanol–water partition coefficient (Wildman–Crippen LogP) is 4.24. The molecule has 5 heteroatoms. The quantitative estimate of drug-likeness (QED) is 0.737. The number of ether oxygens (including phenoxy) is 2. The minimum absolute atomic E-state index is 0.0380. The number of nitrogens with zero attached hydrogens (tertiary/aromatic N) is 1. The number of H-pyrrole nitrogens is 1. The lowest BCUT2D eigenvalue weighted by Crippen LogP contribution is -2.33. The van der Waals surface area contributed by atoms with Gasteiger partial charge in [0.2, 0.25) is 0 Å². The third-order valence-electron chi connectivity index (χ3n) is 4.67. The lowest BCUT2D eigenvalue weighted by molar-refractivity contribution is 0.0724. The molecule has 2 aromatic carbocycles. The molecule has 0 saturated heterocycles. The summed E-state index contributed by atoms with van der Waals surface area (Å²) in [5.41, 5.74) is 2.72. The molecule has 0 atom stereocenters. The van der Waals surface area contributed by atoms with Gasteiger partial charge in [0.15, 0.2) is 11.5 Å². The second-order valence-electron chi connectivity index (χ2n) is 7.31. The van der Waals surface area contributed by atoms with Gasteiger partial charge in [0.1, 0.15) is 13.2 Å². The molecule has 140 valence electrons. The molecule has 0 aliphatic carbocycles. The van der Waals surface area contributed by atoms with Crippen molar-refractivity contribution < 1.29 is 14.3 Å². The summed E-state index contributed by atoms with van der Waals surface area (Å²) in [6.45, 7) is 6.60. The van der Waals surface area contributed by atoms with Crippen molar-refractivity contribution in [3.8, 4) is 11.5 Å². The molecule has 3 aromatic rings. The molecule has 2 heterocycles. The maximum atomic E-state index is 13.3. The van der Waals surface area contributed by atoms with Gasteiger partial charge in [0.25, 0.3) is 5.91 Å². The van der Waals surface area contributed by atoms with Crippen LogP contribution in [0.5, 0.6) is 11.5 Å². The third kappa shape index (κ3) is 3.63. The second kappa shape index (κ2) is 7.35. The van der Waals surface area contributed by atoms with Crippen LogP contribution in [0.25, 0.3) is 10.9 Å². The molecule has 1 amide bonds. The maximum absolute atomic E-state index is 13.3. The highest BCUT2D eigenvalue weighted by atomic mass is 16.6.